The van der Waals surface area contributed by atoms with Crippen LogP contribution in [0.5, 0.6) is 0 Å². The average Bonchev–Trinajstić information content (AvgIpc) is 2.18. The molecule has 1 aromatic heterocycles. The minimum absolute atomic E-state index is 0.252. The maximum atomic E-state index is 4.51. The van der Waals surface area contributed by atoms with Crippen molar-refractivity contribution in [2.24, 2.45) is 0 Å². The third-order valence-corrected chi connectivity index (χ3v) is 3.58. The Balaban J connectivity index is 2.86. The summed E-state index contributed by atoms with van der Waals surface area (Å²) in [7, 11) is 1.90. The highest BCUT2D eigenvalue weighted by Crippen LogP contribution is 2.26. The molecule has 0 aliphatic heterocycles. The van der Waals surface area contributed by atoms with E-state index in [1.54, 1.807) is 0 Å². The van der Waals surface area contributed by atoms with Crippen LogP contribution in [0.15, 0.2) is 0 Å². The van der Waals surface area contributed by atoms with E-state index in [0.29, 0.717) is 0 Å². The third-order valence-electron chi connectivity index (χ3n) is 2.31. The Bertz CT molecular complexity index is 369. The maximum Gasteiger partial charge on any atom is 0.140 e. The van der Waals surface area contributed by atoms with E-state index >= 15 is 0 Å². The molecular weight excluding hydrogens is 218 g/mol. The minimum atomic E-state index is 0.252. The van der Waals surface area contributed by atoms with Gasteiger partial charge in [-0.15, -0.1) is 11.8 Å². The molecule has 1 rings (SSSR count). The zero-order chi connectivity index (χ0) is 12.3. The van der Waals surface area contributed by atoms with Gasteiger partial charge in [-0.25, -0.2) is 9.97 Å². The van der Waals surface area contributed by atoms with Crippen LogP contribution in [0.2, 0.25) is 0 Å². The standard InChI is InChI=1S/C12H21N3S/c1-8-9(2)14-10(15-11(8)13-6)7-16-12(3,4)5/h7H2,1-6H3,(H,13,14,15). The average molecular weight is 239 g/mol. The molecule has 0 aliphatic rings. The summed E-state index contributed by atoms with van der Waals surface area (Å²) in [4.78, 5) is 9.02. The first-order valence-electron chi connectivity index (χ1n) is 5.49. The lowest BCUT2D eigenvalue weighted by molar-refractivity contribution is 0.799. The van der Waals surface area contributed by atoms with Gasteiger partial charge in [0.15, 0.2) is 0 Å². The molecule has 0 saturated heterocycles. The summed E-state index contributed by atoms with van der Waals surface area (Å²) >= 11 is 1.87. The highest BCUT2D eigenvalue weighted by atomic mass is 32.2. The summed E-state index contributed by atoms with van der Waals surface area (Å²) in [6, 6.07) is 0. The normalized spacial score (nSPS) is 11.6. The molecule has 1 aromatic rings. The van der Waals surface area contributed by atoms with Crippen LogP contribution in [-0.4, -0.2) is 21.8 Å². The number of rotatable bonds is 3. The van der Waals surface area contributed by atoms with Crippen molar-refractivity contribution in [2.75, 3.05) is 12.4 Å². The molecule has 4 heteroatoms. The summed E-state index contributed by atoms with van der Waals surface area (Å²) in [6.07, 6.45) is 0. The first kappa shape index (κ1) is 13.3. The van der Waals surface area contributed by atoms with Crippen LogP contribution >= 0.6 is 11.8 Å². The lowest BCUT2D eigenvalue weighted by Crippen LogP contribution is -2.10. The molecule has 1 N–H and O–H groups in total. The Hall–Kier alpha value is -0.770. The SMILES string of the molecule is CNc1nc(CSC(C)(C)C)nc(C)c1C. The van der Waals surface area contributed by atoms with Crippen molar-refractivity contribution in [3.8, 4) is 0 Å². The Kier molecular flexibility index (Phi) is 4.19. The van der Waals surface area contributed by atoms with Crippen LogP contribution in [-0.2, 0) is 5.75 Å². The summed E-state index contributed by atoms with van der Waals surface area (Å²) in [5, 5.41) is 3.11. The summed E-state index contributed by atoms with van der Waals surface area (Å²) in [6.45, 7) is 10.7. The van der Waals surface area contributed by atoms with Crippen molar-refractivity contribution >= 4 is 17.6 Å². The molecule has 0 fully saturated rings. The van der Waals surface area contributed by atoms with Crippen LogP contribution in [0.4, 0.5) is 5.82 Å². The largest absolute Gasteiger partial charge is 0.373 e. The second-order valence-corrected chi connectivity index (χ2v) is 6.65. The number of anilines is 1. The molecule has 16 heavy (non-hydrogen) atoms. The van der Waals surface area contributed by atoms with Gasteiger partial charge in [-0.3, -0.25) is 0 Å². The molecule has 0 aliphatic carbocycles. The van der Waals surface area contributed by atoms with E-state index in [0.717, 1.165) is 28.7 Å². The lowest BCUT2D eigenvalue weighted by Gasteiger charge is -2.17. The molecule has 0 atom stereocenters. The van der Waals surface area contributed by atoms with E-state index in [2.05, 4.69) is 36.1 Å². The number of hydrogen-bond donors (Lipinski definition) is 1. The number of nitrogens with one attached hydrogen (secondary N) is 1. The first-order chi connectivity index (χ1) is 7.33. The summed E-state index contributed by atoms with van der Waals surface area (Å²) in [5.74, 6) is 2.71. The van der Waals surface area contributed by atoms with Gasteiger partial charge in [-0.2, -0.15) is 0 Å². The van der Waals surface area contributed by atoms with Crippen molar-refractivity contribution < 1.29 is 0 Å². The third kappa shape index (κ3) is 3.67. The van der Waals surface area contributed by atoms with Gasteiger partial charge in [-0.1, -0.05) is 20.8 Å². The first-order valence-corrected chi connectivity index (χ1v) is 6.48. The second kappa shape index (κ2) is 5.04. The smallest absolute Gasteiger partial charge is 0.140 e. The van der Waals surface area contributed by atoms with Gasteiger partial charge in [0.2, 0.25) is 0 Å². The van der Waals surface area contributed by atoms with Gasteiger partial charge in [0.25, 0.3) is 0 Å². The molecule has 0 radical (unpaired) electrons. The van der Waals surface area contributed by atoms with E-state index < -0.39 is 0 Å². The van der Waals surface area contributed by atoms with E-state index in [1.807, 2.05) is 32.7 Å². The van der Waals surface area contributed by atoms with Crippen LogP contribution in [0, 0.1) is 13.8 Å². The Morgan fingerprint density at radius 1 is 1.19 bits per heavy atom. The van der Waals surface area contributed by atoms with Gasteiger partial charge in [0, 0.05) is 23.1 Å². The van der Waals surface area contributed by atoms with Crippen molar-refractivity contribution in [3.63, 3.8) is 0 Å². The summed E-state index contributed by atoms with van der Waals surface area (Å²) < 4.78 is 0.252. The molecule has 0 saturated carbocycles. The van der Waals surface area contributed by atoms with Gasteiger partial charge in [0.1, 0.15) is 11.6 Å². The van der Waals surface area contributed by atoms with E-state index in [4.69, 9.17) is 0 Å². The molecule has 0 aromatic carbocycles. The molecule has 0 bridgehead atoms. The fourth-order valence-corrected chi connectivity index (χ4v) is 1.97. The Morgan fingerprint density at radius 3 is 2.31 bits per heavy atom. The van der Waals surface area contributed by atoms with Crippen LogP contribution < -0.4 is 5.32 Å². The van der Waals surface area contributed by atoms with Gasteiger partial charge >= 0.3 is 0 Å². The topological polar surface area (TPSA) is 37.8 Å². The van der Waals surface area contributed by atoms with Crippen molar-refractivity contribution in [1.29, 1.82) is 0 Å². The van der Waals surface area contributed by atoms with Crippen molar-refractivity contribution in [3.05, 3.63) is 17.1 Å². The zero-order valence-electron chi connectivity index (χ0n) is 11.0. The van der Waals surface area contributed by atoms with E-state index in [9.17, 15) is 0 Å². The predicted molar refractivity (Wildman–Crippen MR) is 72.1 cm³/mol. The van der Waals surface area contributed by atoms with Crippen molar-refractivity contribution in [2.45, 2.75) is 45.1 Å². The maximum absolute atomic E-state index is 4.51. The van der Waals surface area contributed by atoms with Gasteiger partial charge in [-0.05, 0) is 13.8 Å². The molecule has 0 spiro atoms. The fraction of sp³-hybridized carbons (Fsp3) is 0.667. The zero-order valence-corrected chi connectivity index (χ0v) is 11.8. The predicted octanol–water partition coefficient (Wildman–Crippen LogP) is 3.17. The number of hydrogen-bond acceptors (Lipinski definition) is 4. The lowest BCUT2D eigenvalue weighted by atomic mass is 10.2. The van der Waals surface area contributed by atoms with Crippen LogP contribution in [0.3, 0.4) is 0 Å². The van der Waals surface area contributed by atoms with Crippen molar-refractivity contribution in [1.82, 2.24) is 9.97 Å². The highest BCUT2D eigenvalue weighted by Gasteiger charge is 2.13. The highest BCUT2D eigenvalue weighted by molar-refractivity contribution is 7.99. The van der Waals surface area contributed by atoms with Crippen LogP contribution in [0.1, 0.15) is 37.9 Å². The van der Waals surface area contributed by atoms with Crippen LogP contribution in [0.25, 0.3) is 0 Å². The molecule has 3 nitrogen and oxygen atoms in total. The number of thioether (sulfide) groups is 1. The summed E-state index contributed by atoms with van der Waals surface area (Å²) in [5.41, 5.74) is 2.19. The number of aryl methyl sites for hydroxylation is 1. The molecular formula is C12H21N3S. The molecule has 0 unspecified atom stereocenters. The van der Waals surface area contributed by atoms with E-state index in [1.165, 1.54) is 0 Å². The number of aromatic nitrogens is 2. The second-order valence-electron chi connectivity index (χ2n) is 4.85. The van der Waals surface area contributed by atoms with E-state index in [-0.39, 0.29) is 4.75 Å². The quantitative estimate of drug-likeness (QED) is 0.879. The molecule has 1 heterocycles. The minimum Gasteiger partial charge on any atom is -0.373 e. The monoisotopic (exact) mass is 239 g/mol. The molecule has 0 amide bonds. The molecule has 90 valence electrons. The fourth-order valence-electron chi connectivity index (χ4n) is 1.28. The van der Waals surface area contributed by atoms with Gasteiger partial charge < -0.3 is 5.32 Å². The Labute approximate surface area is 102 Å². The number of nitrogens with zero attached hydrogens (tertiary/aromatic N) is 2. The van der Waals surface area contributed by atoms with Gasteiger partial charge in [0.05, 0.1) is 5.75 Å². The Morgan fingerprint density at radius 2 is 1.81 bits per heavy atom.